The largest absolute Gasteiger partial charge is 0.508 e. The van der Waals surface area contributed by atoms with E-state index in [1.54, 1.807) is 16.8 Å². The van der Waals surface area contributed by atoms with Crippen molar-refractivity contribution in [3.05, 3.63) is 60.6 Å². The number of anilines is 2. The summed E-state index contributed by atoms with van der Waals surface area (Å²) in [6, 6.07) is 15.2. The first-order valence-corrected chi connectivity index (χ1v) is 12.2. The average Bonchev–Trinajstić information content (AvgIpc) is 3.50. The van der Waals surface area contributed by atoms with Crippen LogP contribution in [0, 0.1) is 0 Å². The van der Waals surface area contributed by atoms with Gasteiger partial charge in [-0.15, -0.1) is 0 Å². The molecule has 1 aliphatic heterocycles. The number of aliphatic carboxylic acids is 1. The van der Waals surface area contributed by atoms with Gasteiger partial charge in [-0.2, -0.15) is 15.1 Å². The summed E-state index contributed by atoms with van der Waals surface area (Å²) in [6.07, 6.45) is 2.26. The van der Waals surface area contributed by atoms with Gasteiger partial charge in [0.1, 0.15) is 12.3 Å². The first-order valence-electron chi connectivity index (χ1n) is 12.2. The second-order valence-electron chi connectivity index (χ2n) is 9.01. The Morgan fingerprint density at radius 2 is 1.70 bits per heavy atom. The molecule has 0 saturated carbocycles. The highest BCUT2D eigenvalue weighted by molar-refractivity contribution is 5.88. The van der Waals surface area contributed by atoms with Crippen LogP contribution in [-0.4, -0.2) is 71.7 Å². The number of aryl methyl sites for hydroxylation is 1. The van der Waals surface area contributed by atoms with Gasteiger partial charge in [-0.25, -0.2) is 9.67 Å². The van der Waals surface area contributed by atoms with Crippen molar-refractivity contribution in [2.45, 2.75) is 19.9 Å². The summed E-state index contributed by atoms with van der Waals surface area (Å²) in [6.45, 7) is 4.68. The third-order valence-electron chi connectivity index (χ3n) is 6.72. The summed E-state index contributed by atoms with van der Waals surface area (Å²) in [7, 11) is 0. The summed E-state index contributed by atoms with van der Waals surface area (Å²) >= 11 is 0. The van der Waals surface area contributed by atoms with Crippen LogP contribution in [0.4, 0.5) is 11.6 Å². The standard InChI is InChI=1S/C26H26N8O3/c1-2-20-19-5-3-4-6-21(19)34(30-20)25-23-24(33(16-27-23)15-22(36)37)28-26(29-25)32-13-11-31(12-14-32)17-7-9-18(35)10-8-17/h3-10,16,35H,2,11-15H2,1H3,(H,36,37). The lowest BCUT2D eigenvalue weighted by molar-refractivity contribution is -0.137. The number of piperazine rings is 1. The fourth-order valence-corrected chi connectivity index (χ4v) is 4.85. The Morgan fingerprint density at radius 1 is 0.973 bits per heavy atom. The molecule has 0 unspecified atom stereocenters. The molecule has 0 radical (unpaired) electrons. The fraction of sp³-hybridized carbons (Fsp3) is 0.269. The number of aromatic nitrogens is 6. The van der Waals surface area contributed by atoms with Crippen molar-refractivity contribution < 1.29 is 15.0 Å². The maximum atomic E-state index is 11.5. The van der Waals surface area contributed by atoms with Crippen LogP contribution in [0.5, 0.6) is 5.75 Å². The molecule has 2 N–H and O–H groups in total. The number of rotatable bonds is 6. The number of carbonyl (C=O) groups is 1. The minimum Gasteiger partial charge on any atom is -0.508 e. The Hall–Kier alpha value is -4.67. The van der Waals surface area contributed by atoms with Crippen molar-refractivity contribution in [2.24, 2.45) is 0 Å². The summed E-state index contributed by atoms with van der Waals surface area (Å²) < 4.78 is 3.33. The third kappa shape index (κ3) is 4.07. The van der Waals surface area contributed by atoms with Gasteiger partial charge in [-0.05, 0) is 36.8 Å². The zero-order chi connectivity index (χ0) is 25.5. The lowest BCUT2D eigenvalue weighted by atomic mass is 10.2. The number of nitrogens with zero attached hydrogens (tertiary/aromatic N) is 8. The number of carboxylic acids is 1. The number of para-hydroxylation sites is 1. The highest BCUT2D eigenvalue weighted by Crippen LogP contribution is 2.28. The van der Waals surface area contributed by atoms with Gasteiger partial charge >= 0.3 is 5.97 Å². The Bertz CT molecular complexity index is 1600. The summed E-state index contributed by atoms with van der Waals surface area (Å²) in [5.74, 6) is 0.312. The molecule has 0 bridgehead atoms. The number of benzene rings is 2. The molecule has 11 heteroatoms. The third-order valence-corrected chi connectivity index (χ3v) is 6.72. The van der Waals surface area contributed by atoms with Crippen LogP contribution in [0.1, 0.15) is 12.6 Å². The molecule has 0 spiro atoms. The van der Waals surface area contributed by atoms with Crippen LogP contribution in [-0.2, 0) is 17.8 Å². The topological polar surface area (TPSA) is 125 Å². The maximum absolute atomic E-state index is 11.5. The van der Waals surface area contributed by atoms with Crippen LogP contribution in [0.3, 0.4) is 0 Å². The van der Waals surface area contributed by atoms with E-state index in [1.807, 2.05) is 36.4 Å². The van der Waals surface area contributed by atoms with E-state index in [1.165, 1.54) is 10.9 Å². The van der Waals surface area contributed by atoms with E-state index in [4.69, 9.17) is 15.1 Å². The van der Waals surface area contributed by atoms with Crippen molar-refractivity contribution in [3.63, 3.8) is 0 Å². The quantitative estimate of drug-likeness (QED) is 0.363. The Kier molecular flexibility index (Phi) is 5.59. The first kappa shape index (κ1) is 22.8. The van der Waals surface area contributed by atoms with E-state index in [0.29, 0.717) is 36.0 Å². The zero-order valence-corrected chi connectivity index (χ0v) is 20.3. The van der Waals surface area contributed by atoms with Crippen LogP contribution in [0.15, 0.2) is 54.9 Å². The maximum Gasteiger partial charge on any atom is 0.323 e. The van der Waals surface area contributed by atoms with E-state index in [0.717, 1.165) is 41.8 Å². The molecule has 11 nitrogen and oxygen atoms in total. The lowest BCUT2D eigenvalue weighted by Gasteiger charge is -2.36. The number of imidazole rings is 1. The molecule has 0 aliphatic carbocycles. The Balaban J connectivity index is 1.42. The highest BCUT2D eigenvalue weighted by Gasteiger charge is 2.24. The average molecular weight is 499 g/mol. The van der Waals surface area contributed by atoms with Gasteiger partial charge in [0, 0.05) is 37.3 Å². The van der Waals surface area contributed by atoms with E-state index in [9.17, 15) is 15.0 Å². The van der Waals surface area contributed by atoms with Gasteiger partial charge in [-0.1, -0.05) is 25.1 Å². The van der Waals surface area contributed by atoms with Crippen LogP contribution in [0.2, 0.25) is 0 Å². The van der Waals surface area contributed by atoms with E-state index >= 15 is 0 Å². The number of phenolic OH excluding ortho intramolecular Hbond substituents is 1. The van der Waals surface area contributed by atoms with E-state index in [-0.39, 0.29) is 12.3 Å². The molecule has 0 amide bonds. The molecule has 1 saturated heterocycles. The molecule has 0 atom stereocenters. The van der Waals surface area contributed by atoms with Gasteiger partial charge < -0.3 is 24.6 Å². The highest BCUT2D eigenvalue weighted by atomic mass is 16.4. The molecule has 2 aromatic carbocycles. The van der Waals surface area contributed by atoms with Gasteiger partial charge in [-0.3, -0.25) is 4.79 Å². The molecule has 1 fully saturated rings. The van der Waals surface area contributed by atoms with Crippen molar-refractivity contribution in [2.75, 3.05) is 36.0 Å². The molecule has 4 heterocycles. The van der Waals surface area contributed by atoms with Crippen molar-refractivity contribution >= 4 is 39.7 Å². The number of phenols is 1. The number of hydrogen-bond donors (Lipinski definition) is 2. The molecule has 1 aliphatic rings. The summed E-state index contributed by atoms with van der Waals surface area (Å²) in [5.41, 5.74) is 3.88. The normalized spacial score (nSPS) is 14.1. The summed E-state index contributed by atoms with van der Waals surface area (Å²) in [5, 5.41) is 24.9. The number of aromatic hydroxyl groups is 1. The van der Waals surface area contributed by atoms with Gasteiger partial charge in [0.25, 0.3) is 0 Å². The molecule has 6 rings (SSSR count). The van der Waals surface area contributed by atoms with Gasteiger partial charge in [0.2, 0.25) is 5.95 Å². The zero-order valence-electron chi connectivity index (χ0n) is 20.3. The monoisotopic (exact) mass is 498 g/mol. The van der Waals surface area contributed by atoms with E-state index < -0.39 is 5.97 Å². The smallest absolute Gasteiger partial charge is 0.323 e. The Labute approximate surface area is 212 Å². The second-order valence-corrected chi connectivity index (χ2v) is 9.01. The second kappa shape index (κ2) is 9.08. The summed E-state index contributed by atoms with van der Waals surface area (Å²) in [4.78, 5) is 30.1. The van der Waals surface area contributed by atoms with Crippen molar-refractivity contribution in [1.82, 2.24) is 29.3 Å². The Morgan fingerprint density at radius 3 is 2.43 bits per heavy atom. The number of fused-ring (bicyclic) bond motifs is 2. The van der Waals surface area contributed by atoms with Gasteiger partial charge in [0.15, 0.2) is 17.0 Å². The predicted molar refractivity (Wildman–Crippen MR) is 139 cm³/mol. The number of hydrogen-bond acceptors (Lipinski definition) is 8. The van der Waals surface area contributed by atoms with E-state index in [2.05, 4.69) is 21.7 Å². The minimum atomic E-state index is -0.971. The predicted octanol–water partition coefficient (Wildman–Crippen LogP) is 2.84. The molecule has 37 heavy (non-hydrogen) atoms. The molecule has 3 aromatic heterocycles. The van der Waals surface area contributed by atoms with Crippen molar-refractivity contribution in [3.8, 4) is 11.6 Å². The molecule has 188 valence electrons. The van der Waals surface area contributed by atoms with Crippen LogP contribution in [0.25, 0.3) is 27.9 Å². The molecular weight excluding hydrogens is 472 g/mol. The molecular formula is C26H26N8O3. The van der Waals surface area contributed by atoms with Crippen LogP contribution < -0.4 is 9.80 Å². The number of carboxylic acid groups (broad SMARTS) is 1. The first-order chi connectivity index (χ1) is 18.0. The fourth-order valence-electron chi connectivity index (χ4n) is 4.85. The molecule has 5 aromatic rings. The lowest BCUT2D eigenvalue weighted by Crippen LogP contribution is -2.47. The van der Waals surface area contributed by atoms with Crippen LogP contribution >= 0.6 is 0 Å². The minimum absolute atomic E-state index is 0.243. The van der Waals surface area contributed by atoms with Gasteiger partial charge in [0.05, 0.1) is 17.5 Å². The SMILES string of the molecule is CCc1nn(-c2nc(N3CCN(c4ccc(O)cc4)CC3)nc3c2ncn3CC(=O)O)c2ccccc12. The van der Waals surface area contributed by atoms with Crippen molar-refractivity contribution in [1.29, 1.82) is 0 Å².